The van der Waals surface area contributed by atoms with Gasteiger partial charge in [0.05, 0.1) is 12.7 Å². The van der Waals surface area contributed by atoms with Crippen molar-refractivity contribution in [3.05, 3.63) is 22.2 Å². The first-order valence-electron chi connectivity index (χ1n) is 5.93. The molecule has 0 bridgehead atoms. The average molecular weight is 321 g/mol. The molecule has 10 heteroatoms. The number of rotatable bonds is 4. The number of nitrogen functional groups attached to an aromatic ring is 1. The summed E-state index contributed by atoms with van der Waals surface area (Å²) in [5.41, 5.74) is 5.65. The fraction of sp³-hybridized carbons (Fsp3) is 0.600. The summed E-state index contributed by atoms with van der Waals surface area (Å²) in [6.07, 6.45) is -0.0844. The summed E-state index contributed by atoms with van der Waals surface area (Å²) in [6.45, 7) is 1.41. The molecule has 0 aromatic carbocycles. The highest BCUT2D eigenvalue weighted by molar-refractivity contribution is 8.39. The van der Waals surface area contributed by atoms with Crippen molar-refractivity contribution < 1.29 is 18.9 Å². The van der Waals surface area contributed by atoms with Gasteiger partial charge in [-0.25, -0.2) is 4.79 Å². The van der Waals surface area contributed by atoms with Crippen LogP contribution in [0.25, 0.3) is 0 Å². The Morgan fingerprint density at radius 2 is 2.45 bits per heavy atom. The standard InChI is InChI=1S/C10H16N3O5PS/c1-5-3-13(10(15)12-9(5)11)8-2-6(18-19(16)20)7(4-14)17-8/h3,6-8,14,19H,2,4H2,1H3,(H,16,20)(H2,11,12,15)/t6-,7?,8?/m0/s1. The lowest BCUT2D eigenvalue weighted by atomic mass is 10.2. The maximum atomic E-state index is 11.8. The first-order chi connectivity index (χ1) is 9.42. The van der Waals surface area contributed by atoms with Gasteiger partial charge in [-0.1, -0.05) is 12.2 Å². The molecule has 0 radical (unpaired) electrons. The summed E-state index contributed by atoms with van der Waals surface area (Å²) >= 11 is 3.71. The van der Waals surface area contributed by atoms with Crippen LogP contribution >= 0.6 is 19.5 Å². The molecule has 2 heterocycles. The number of hydrogen-bond acceptors (Lipinski definition) is 7. The lowest BCUT2D eigenvalue weighted by molar-refractivity contribution is -0.0409. The zero-order chi connectivity index (χ0) is 14.9. The number of thiol groups is 1. The molecule has 1 fully saturated rings. The molecule has 112 valence electrons. The fourth-order valence-electron chi connectivity index (χ4n) is 2.07. The van der Waals surface area contributed by atoms with Gasteiger partial charge in [0, 0.05) is 18.2 Å². The number of ether oxygens (including phenoxy) is 1. The normalized spacial score (nSPS) is 27.6. The molecular weight excluding hydrogens is 305 g/mol. The Bertz CT molecular complexity index is 581. The predicted octanol–water partition coefficient (Wildman–Crippen LogP) is 0.118. The molecule has 0 spiro atoms. The van der Waals surface area contributed by atoms with E-state index in [2.05, 4.69) is 17.2 Å². The highest BCUT2D eigenvalue weighted by atomic mass is 32.7. The summed E-state index contributed by atoms with van der Waals surface area (Å²) in [4.78, 5) is 15.5. The number of aromatic nitrogens is 2. The zero-order valence-electron chi connectivity index (χ0n) is 10.7. The Morgan fingerprint density at radius 3 is 3.05 bits per heavy atom. The minimum Gasteiger partial charge on any atom is -0.394 e. The van der Waals surface area contributed by atoms with Gasteiger partial charge in [0.25, 0.3) is 0 Å². The molecule has 0 amide bonds. The van der Waals surface area contributed by atoms with Gasteiger partial charge in [0.1, 0.15) is 18.1 Å². The van der Waals surface area contributed by atoms with Crippen molar-refractivity contribution in [3.63, 3.8) is 0 Å². The number of aliphatic hydroxyl groups excluding tert-OH is 1. The van der Waals surface area contributed by atoms with E-state index in [9.17, 15) is 14.5 Å². The van der Waals surface area contributed by atoms with Crippen LogP contribution in [0.5, 0.6) is 0 Å². The predicted molar refractivity (Wildman–Crippen MR) is 76.1 cm³/mol. The molecule has 8 nitrogen and oxygen atoms in total. The van der Waals surface area contributed by atoms with Crippen LogP contribution in [0.4, 0.5) is 5.82 Å². The summed E-state index contributed by atoms with van der Waals surface area (Å²) < 4.78 is 23.0. The molecule has 1 saturated heterocycles. The Kier molecular flexibility index (Phi) is 4.87. The maximum Gasteiger partial charge on any atom is 0.351 e. The van der Waals surface area contributed by atoms with Gasteiger partial charge in [-0.2, -0.15) is 4.98 Å². The van der Waals surface area contributed by atoms with Crippen molar-refractivity contribution in [3.8, 4) is 0 Å². The van der Waals surface area contributed by atoms with Crippen LogP contribution in [-0.2, 0) is 13.8 Å². The molecule has 0 aliphatic carbocycles. The van der Waals surface area contributed by atoms with Crippen molar-refractivity contribution in [2.45, 2.75) is 31.8 Å². The van der Waals surface area contributed by atoms with Crippen molar-refractivity contribution in [1.29, 1.82) is 0 Å². The van der Waals surface area contributed by atoms with Crippen molar-refractivity contribution in [2.24, 2.45) is 0 Å². The smallest absolute Gasteiger partial charge is 0.351 e. The number of aliphatic hydroxyl groups is 1. The molecule has 3 unspecified atom stereocenters. The van der Waals surface area contributed by atoms with E-state index in [1.54, 1.807) is 6.92 Å². The summed E-state index contributed by atoms with van der Waals surface area (Å²) in [5.74, 6) is 0.163. The second-order valence-corrected chi connectivity index (χ2v) is 6.33. The number of hydrogen-bond donors (Lipinski definition) is 3. The van der Waals surface area contributed by atoms with Gasteiger partial charge in [-0.05, 0) is 6.92 Å². The minimum atomic E-state index is -2.46. The summed E-state index contributed by atoms with van der Waals surface area (Å²) in [7, 11) is -2.46. The first kappa shape index (κ1) is 15.5. The van der Waals surface area contributed by atoms with Gasteiger partial charge in [0.2, 0.25) is 7.23 Å². The van der Waals surface area contributed by atoms with Gasteiger partial charge in [-0.15, -0.1) is 0 Å². The Balaban J connectivity index is 2.25. The maximum absolute atomic E-state index is 11.8. The molecule has 3 N–H and O–H groups in total. The molecular formula is C10H16N3O5PS. The summed E-state index contributed by atoms with van der Waals surface area (Å²) in [6, 6.07) is 0. The Labute approximate surface area is 120 Å². The third-order valence-electron chi connectivity index (χ3n) is 3.10. The lowest BCUT2D eigenvalue weighted by Crippen LogP contribution is -2.28. The van der Waals surface area contributed by atoms with E-state index in [1.807, 2.05) is 0 Å². The van der Waals surface area contributed by atoms with Crippen LogP contribution in [-0.4, -0.2) is 33.5 Å². The topological polar surface area (TPSA) is 117 Å². The Hall–Kier alpha value is -0.860. The molecule has 4 atom stereocenters. The van der Waals surface area contributed by atoms with Gasteiger partial charge in [0.15, 0.2) is 0 Å². The molecule has 0 saturated carbocycles. The average Bonchev–Trinajstić information content (AvgIpc) is 2.75. The van der Waals surface area contributed by atoms with Gasteiger partial charge in [-0.3, -0.25) is 9.13 Å². The van der Waals surface area contributed by atoms with E-state index in [4.69, 9.17) is 15.0 Å². The first-order valence-corrected chi connectivity index (χ1v) is 8.54. The SMILES string of the molecule is Cc1cn(C2C[C@H](O[PH](=O)S)C(CO)O2)c(=O)nc1N. The van der Waals surface area contributed by atoms with Crippen LogP contribution in [0.3, 0.4) is 0 Å². The quantitative estimate of drug-likeness (QED) is 0.532. The van der Waals surface area contributed by atoms with E-state index in [0.29, 0.717) is 5.56 Å². The van der Waals surface area contributed by atoms with Crippen molar-refractivity contribution in [2.75, 3.05) is 12.3 Å². The second kappa shape index (κ2) is 6.28. The molecule has 1 aliphatic heterocycles. The van der Waals surface area contributed by atoms with Crippen LogP contribution < -0.4 is 11.4 Å². The largest absolute Gasteiger partial charge is 0.394 e. The third-order valence-corrected chi connectivity index (χ3v) is 3.92. The Morgan fingerprint density at radius 1 is 1.75 bits per heavy atom. The van der Waals surface area contributed by atoms with Crippen LogP contribution in [0, 0.1) is 6.92 Å². The number of aryl methyl sites for hydroxylation is 1. The van der Waals surface area contributed by atoms with Crippen molar-refractivity contribution in [1.82, 2.24) is 9.55 Å². The molecule has 1 aliphatic rings. The number of nitrogens with zero attached hydrogens (tertiary/aromatic N) is 2. The van der Waals surface area contributed by atoms with Gasteiger partial charge < -0.3 is 20.1 Å². The second-order valence-electron chi connectivity index (χ2n) is 4.47. The van der Waals surface area contributed by atoms with Gasteiger partial charge >= 0.3 is 5.69 Å². The van der Waals surface area contributed by atoms with Crippen molar-refractivity contribution >= 4 is 25.3 Å². The van der Waals surface area contributed by atoms with E-state index in [-0.39, 0.29) is 18.8 Å². The monoisotopic (exact) mass is 321 g/mol. The highest BCUT2D eigenvalue weighted by Gasteiger charge is 2.38. The molecule has 1 aromatic heterocycles. The van der Waals surface area contributed by atoms with E-state index < -0.39 is 31.4 Å². The van der Waals surface area contributed by atoms with Crippen LogP contribution in [0.1, 0.15) is 18.2 Å². The molecule has 20 heavy (non-hydrogen) atoms. The molecule has 1 aromatic rings. The zero-order valence-corrected chi connectivity index (χ0v) is 12.6. The fourth-order valence-corrected chi connectivity index (χ4v) is 2.99. The van der Waals surface area contributed by atoms with Crippen LogP contribution in [0.2, 0.25) is 0 Å². The van der Waals surface area contributed by atoms with E-state index >= 15 is 0 Å². The molecule has 2 rings (SSSR count). The number of anilines is 1. The number of nitrogens with two attached hydrogens (primary N) is 1. The van der Waals surface area contributed by atoms with E-state index in [0.717, 1.165) is 0 Å². The highest BCUT2D eigenvalue weighted by Crippen LogP contribution is 2.38. The van der Waals surface area contributed by atoms with Crippen LogP contribution in [0.15, 0.2) is 11.0 Å². The third kappa shape index (κ3) is 3.24. The lowest BCUT2D eigenvalue weighted by Gasteiger charge is -2.15. The minimum absolute atomic E-state index is 0.163. The van der Waals surface area contributed by atoms with E-state index in [1.165, 1.54) is 10.8 Å². The summed E-state index contributed by atoms with van der Waals surface area (Å²) in [5, 5.41) is 9.24.